The van der Waals surface area contributed by atoms with E-state index in [1.54, 1.807) is 0 Å². The first kappa shape index (κ1) is 48.6. The lowest BCUT2D eigenvalue weighted by molar-refractivity contribution is -0.137. The van der Waals surface area contributed by atoms with Gasteiger partial charge in [-0.25, -0.2) is 28.6 Å². The van der Waals surface area contributed by atoms with Crippen LogP contribution >= 0.6 is 35.2 Å². The molecular formula is C27H44N7O19P3S. The van der Waals surface area contributed by atoms with Gasteiger partial charge in [-0.1, -0.05) is 25.6 Å². The highest BCUT2D eigenvalue weighted by molar-refractivity contribution is 8.13. The van der Waals surface area contributed by atoms with Crippen LogP contribution in [-0.4, -0.2) is 140 Å². The van der Waals surface area contributed by atoms with Gasteiger partial charge in [0, 0.05) is 43.5 Å². The van der Waals surface area contributed by atoms with Gasteiger partial charge in [-0.2, -0.15) is 4.31 Å². The molecule has 0 radical (unpaired) electrons. The number of anilines is 1. The number of nitrogen functional groups attached to an aromatic ring is 1. The van der Waals surface area contributed by atoms with Crippen molar-refractivity contribution in [3.63, 3.8) is 0 Å². The molecule has 3 rings (SSSR count). The first-order chi connectivity index (χ1) is 26.4. The Morgan fingerprint density at radius 1 is 1.07 bits per heavy atom. The summed E-state index contributed by atoms with van der Waals surface area (Å²) >= 11 is 0.884. The summed E-state index contributed by atoms with van der Waals surface area (Å²) in [6.07, 6.45) is -7.24. The largest absolute Gasteiger partial charge is 0.481 e. The van der Waals surface area contributed by atoms with Crippen LogP contribution in [0.25, 0.3) is 11.2 Å². The van der Waals surface area contributed by atoms with Crippen molar-refractivity contribution in [2.75, 3.05) is 37.8 Å². The maximum atomic E-state index is 12.7. The summed E-state index contributed by atoms with van der Waals surface area (Å²) in [6.45, 7) is 0.240. The molecule has 1 saturated heterocycles. The molecule has 0 aliphatic carbocycles. The minimum Gasteiger partial charge on any atom is -0.393 e. The Morgan fingerprint density at radius 2 is 1.75 bits per heavy atom. The molecule has 0 saturated carbocycles. The van der Waals surface area contributed by atoms with Crippen LogP contribution in [0, 0.1) is 5.41 Å². The van der Waals surface area contributed by atoms with Crippen LogP contribution in [0.15, 0.2) is 12.7 Å². The molecule has 11 N–H and O–H groups in total. The number of ether oxygens (including phenoxy) is 1. The molecule has 2 aromatic heterocycles. The Balaban J connectivity index is 1.47. The predicted molar refractivity (Wildman–Crippen MR) is 193 cm³/mol. The lowest BCUT2D eigenvalue weighted by Crippen LogP contribution is -2.46. The van der Waals surface area contributed by atoms with Gasteiger partial charge in [0.15, 0.2) is 22.8 Å². The second kappa shape index (κ2) is 20.9. The van der Waals surface area contributed by atoms with Crippen LogP contribution < -0.4 is 16.4 Å². The zero-order valence-electron chi connectivity index (χ0n) is 30.2. The summed E-state index contributed by atoms with van der Waals surface area (Å²) in [4.78, 5) is 97.7. The van der Waals surface area contributed by atoms with Crippen molar-refractivity contribution in [1.29, 1.82) is 0 Å². The number of carbonyl (C=O) groups is 4. The van der Waals surface area contributed by atoms with E-state index in [0.29, 0.717) is 6.29 Å². The summed E-state index contributed by atoms with van der Waals surface area (Å²) in [5, 5.41) is 35.6. The minimum atomic E-state index is -5.59. The first-order valence-electron chi connectivity index (χ1n) is 16.6. The molecule has 26 nitrogen and oxygen atoms in total. The number of nitrogens with two attached hydrogens (primary N) is 1. The molecule has 0 bridgehead atoms. The van der Waals surface area contributed by atoms with Crippen molar-refractivity contribution in [2.45, 2.75) is 76.3 Å². The van der Waals surface area contributed by atoms with Gasteiger partial charge in [0.2, 0.25) is 11.8 Å². The number of aromatic nitrogens is 4. The molecule has 3 heterocycles. The van der Waals surface area contributed by atoms with E-state index in [2.05, 4.69) is 34.4 Å². The van der Waals surface area contributed by atoms with E-state index in [1.807, 2.05) is 0 Å². The number of nitrogens with zero attached hydrogens (tertiary/aromatic N) is 4. The number of thioether (sulfide) groups is 1. The number of rotatable bonds is 24. The van der Waals surface area contributed by atoms with Gasteiger partial charge in [-0.3, -0.25) is 32.5 Å². The third-order valence-electron chi connectivity index (χ3n) is 7.78. The fraction of sp³-hybridized carbons (Fsp3) is 0.667. The highest BCUT2D eigenvalue weighted by atomic mass is 32.2. The molecule has 322 valence electrons. The van der Waals surface area contributed by atoms with Crippen LogP contribution in [0.3, 0.4) is 0 Å². The number of hydrogen-bond acceptors (Lipinski definition) is 20. The van der Waals surface area contributed by atoms with Gasteiger partial charge in [0.05, 0.1) is 25.6 Å². The van der Waals surface area contributed by atoms with E-state index in [1.165, 1.54) is 13.8 Å². The fourth-order valence-corrected chi connectivity index (χ4v) is 8.48. The van der Waals surface area contributed by atoms with Crippen molar-refractivity contribution in [3.05, 3.63) is 12.7 Å². The Labute approximate surface area is 327 Å². The van der Waals surface area contributed by atoms with Crippen LogP contribution in [0.4, 0.5) is 5.82 Å². The molecule has 1 aliphatic rings. The summed E-state index contributed by atoms with van der Waals surface area (Å²) < 4.78 is 62.0. The van der Waals surface area contributed by atoms with Crippen molar-refractivity contribution < 1.29 is 90.4 Å². The normalized spacial score (nSPS) is 22.0. The van der Waals surface area contributed by atoms with Crippen LogP contribution in [0.5, 0.6) is 0 Å². The molecule has 8 atom stereocenters. The number of imidazole rings is 1. The van der Waals surface area contributed by atoms with E-state index in [-0.39, 0.29) is 66.6 Å². The third-order valence-corrected chi connectivity index (χ3v) is 11.8. The van der Waals surface area contributed by atoms with E-state index < -0.39 is 90.7 Å². The second-order valence-electron chi connectivity index (χ2n) is 12.9. The van der Waals surface area contributed by atoms with Gasteiger partial charge in [0.1, 0.15) is 42.5 Å². The molecule has 1 fully saturated rings. The lowest BCUT2D eigenvalue weighted by atomic mass is 9.87. The van der Waals surface area contributed by atoms with Crippen LogP contribution in [0.1, 0.15) is 45.8 Å². The third kappa shape index (κ3) is 15.4. The van der Waals surface area contributed by atoms with Crippen LogP contribution in [0.2, 0.25) is 0 Å². The van der Waals surface area contributed by atoms with Crippen molar-refractivity contribution in [3.8, 4) is 0 Å². The van der Waals surface area contributed by atoms with E-state index in [9.17, 15) is 67.8 Å². The number of fused-ring (bicyclic) bond motifs is 1. The Bertz CT molecular complexity index is 1870. The monoisotopic (exact) mass is 895 g/mol. The Morgan fingerprint density at radius 3 is 2.42 bits per heavy atom. The van der Waals surface area contributed by atoms with Gasteiger partial charge in [0.25, 0.3) is 0 Å². The van der Waals surface area contributed by atoms with E-state index in [4.69, 9.17) is 19.5 Å². The smallest absolute Gasteiger partial charge is 0.393 e. The fourth-order valence-electron chi connectivity index (χ4n) is 4.91. The molecule has 4 unspecified atom stereocenters. The van der Waals surface area contributed by atoms with Crippen molar-refractivity contribution in [2.24, 2.45) is 5.41 Å². The number of hydrogen-bond donors (Lipinski definition) is 10. The number of aliphatic hydroxyl groups is 3. The Kier molecular flexibility index (Phi) is 17.8. The highest BCUT2D eigenvalue weighted by Crippen LogP contribution is 2.61. The molecular weight excluding hydrogens is 851 g/mol. The standard InChI is InChI=1S/C27H44N7O19P3S/c1-27(2,22(40)25(41)30-6-5-17(37)29-7-9-57-18(38)10-15(36)4-3-8-35)12-50-56(47,48)53-55(45,46)49-11-16-21(52-54(42,43)44)20(39)26(51-16)34-14-33-19-23(28)31-13-32-24(19)34/h8,13-16,20-22,26,36,39-40H,3-7,9-12H2,1-2H3,(H,29,37)(H,30,41)(H,45,46)(H,47,48)(H2,28,31,32)(H2,42,43,44)/t15?,16-,20-,21-,22?,26-/m1/s1. The predicted octanol–water partition coefficient (Wildman–Crippen LogP) is -1.61. The topological polar surface area (TPSA) is 401 Å². The second-order valence-corrected chi connectivity index (χ2v) is 18.3. The van der Waals surface area contributed by atoms with Crippen molar-refractivity contribution in [1.82, 2.24) is 30.2 Å². The summed E-state index contributed by atoms with van der Waals surface area (Å²) in [5.41, 5.74) is 4.21. The Hall–Kier alpha value is -2.81. The first-order valence-corrected chi connectivity index (χ1v) is 22.1. The van der Waals surface area contributed by atoms with E-state index in [0.717, 1.165) is 29.0 Å². The van der Waals surface area contributed by atoms with Gasteiger partial charge in [-0.15, -0.1) is 0 Å². The van der Waals surface area contributed by atoms with Crippen LogP contribution in [-0.2, 0) is 55.5 Å². The van der Waals surface area contributed by atoms with Gasteiger partial charge >= 0.3 is 23.5 Å². The van der Waals surface area contributed by atoms with Crippen molar-refractivity contribution >= 4 is 75.4 Å². The summed E-state index contributed by atoms with van der Waals surface area (Å²) in [7, 11) is -16.4. The lowest BCUT2D eigenvalue weighted by Gasteiger charge is -2.30. The average Bonchev–Trinajstić information content (AvgIpc) is 3.67. The maximum Gasteiger partial charge on any atom is 0.481 e. The molecule has 1 aliphatic heterocycles. The zero-order valence-corrected chi connectivity index (χ0v) is 33.7. The number of phosphoric acid groups is 3. The zero-order chi connectivity index (χ0) is 42.8. The highest BCUT2D eigenvalue weighted by Gasteiger charge is 2.50. The number of aldehydes is 1. The maximum absolute atomic E-state index is 12.7. The number of amides is 2. The molecule has 2 aromatic rings. The minimum absolute atomic E-state index is 0.0205. The number of phosphoric ester groups is 3. The number of aliphatic hydroxyl groups excluding tert-OH is 3. The molecule has 0 spiro atoms. The summed E-state index contributed by atoms with van der Waals surface area (Å²) in [6, 6.07) is 0. The molecule has 57 heavy (non-hydrogen) atoms. The quantitative estimate of drug-likeness (QED) is 0.0322. The number of carbonyl (C=O) groups excluding carboxylic acids is 4. The molecule has 2 amide bonds. The SMILES string of the molecule is CC(C)(COP(=O)(O)OP(=O)(O)OC[C@H]1O[C@@H](n2cnc3c(N)ncnc32)[C@H](O)[C@@H]1OP(=O)(O)O)C(O)C(=O)NCCC(=O)NCCSC(=O)CC(O)CCC=O. The van der Waals surface area contributed by atoms with E-state index >= 15 is 0 Å². The van der Waals surface area contributed by atoms with Gasteiger partial charge in [-0.05, 0) is 6.42 Å². The average molecular weight is 896 g/mol. The summed E-state index contributed by atoms with van der Waals surface area (Å²) in [5.74, 6) is -1.37. The van der Waals surface area contributed by atoms with Gasteiger partial charge < -0.3 is 60.8 Å². The molecule has 0 aromatic carbocycles. The number of nitrogens with one attached hydrogen (secondary N) is 2. The molecule has 30 heteroatoms.